The lowest BCUT2D eigenvalue weighted by molar-refractivity contribution is -0.125. The Hall–Kier alpha value is -2.21. The van der Waals surface area contributed by atoms with Gasteiger partial charge in [0.15, 0.2) is 0 Å². The van der Waals surface area contributed by atoms with Crippen molar-refractivity contribution in [2.24, 2.45) is 5.92 Å². The predicted molar refractivity (Wildman–Crippen MR) is 116 cm³/mol. The van der Waals surface area contributed by atoms with Gasteiger partial charge in [0.2, 0.25) is 11.8 Å². The van der Waals surface area contributed by atoms with Crippen LogP contribution in [-0.2, 0) is 16.0 Å². The van der Waals surface area contributed by atoms with Crippen LogP contribution in [0.2, 0.25) is 0 Å². The zero-order chi connectivity index (χ0) is 21.3. The average Bonchev–Trinajstić information content (AvgIpc) is 2.92. The minimum absolute atomic E-state index is 0.0233. The van der Waals surface area contributed by atoms with Crippen molar-refractivity contribution in [3.8, 4) is 0 Å². The fourth-order valence-corrected chi connectivity index (χ4v) is 4.40. The molecule has 0 radical (unpaired) electrons. The van der Waals surface area contributed by atoms with Crippen LogP contribution in [-0.4, -0.2) is 49.4 Å². The Labute approximate surface area is 179 Å². The molecule has 0 bridgehead atoms. The van der Waals surface area contributed by atoms with Gasteiger partial charge in [0, 0.05) is 32.1 Å². The number of carbonyl (C=O) groups excluding carboxylic acids is 2. The topological polar surface area (TPSA) is 61.4 Å². The molecule has 0 saturated carbocycles. The monoisotopic (exact) mass is 415 g/mol. The Balaban J connectivity index is 1.43. The van der Waals surface area contributed by atoms with Crippen LogP contribution in [0.15, 0.2) is 35.9 Å². The van der Waals surface area contributed by atoms with Gasteiger partial charge in [-0.25, -0.2) is 4.39 Å². The number of nitrogens with one attached hydrogen (secondary N) is 2. The van der Waals surface area contributed by atoms with Crippen molar-refractivity contribution in [3.05, 3.63) is 47.3 Å². The van der Waals surface area contributed by atoms with Crippen molar-refractivity contribution in [3.63, 3.8) is 0 Å². The van der Waals surface area contributed by atoms with E-state index in [9.17, 15) is 14.0 Å². The number of benzene rings is 1. The molecule has 5 nitrogen and oxygen atoms in total. The van der Waals surface area contributed by atoms with E-state index in [0.717, 1.165) is 37.8 Å². The summed E-state index contributed by atoms with van der Waals surface area (Å²) in [5.74, 6) is -0.230. The van der Waals surface area contributed by atoms with Gasteiger partial charge in [-0.3, -0.25) is 9.59 Å². The first-order chi connectivity index (χ1) is 14.5. The van der Waals surface area contributed by atoms with E-state index >= 15 is 0 Å². The van der Waals surface area contributed by atoms with Crippen LogP contribution in [0.4, 0.5) is 4.39 Å². The van der Waals surface area contributed by atoms with E-state index in [0.29, 0.717) is 25.9 Å². The second-order valence-corrected chi connectivity index (χ2v) is 8.72. The van der Waals surface area contributed by atoms with E-state index in [2.05, 4.69) is 21.6 Å². The summed E-state index contributed by atoms with van der Waals surface area (Å²) < 4.78 is 13.3. The summed E-state index contributed by atoms with van der Waals surface area (Å²) in [5, 5.41) is 6.22. The fourth-order valence-electron chi connectivity index (χ4n) is 4.40. The maximum absolute atomic E-state index is 13.3. The number of rotatable bonds is 7. The van der Waals surface area contributed by atoms with Gasteiger partial charge < -0.3 is 15.5 Å². The molecule has 2 amide bonds. The highest BCUT2D eigenvalue weighted by Crippen LogP contribution is 2.19. The molecular weight excluding hydrogens is 381 g/mol. The second kappa shape index (κ2) is 11.3. The molecule has 3 rings (SSSR count). The van der Waals surface area contributed by atoms with Crippen LogP contribution >= 0.6 is 0 Å². The summed E-state index contributed by atoms with van der Waals surface area (Å²) in [7, 11) is 2.00. The molecule has 2 aliphatic rings. The third kappa shape index (κ3) is 7.24. The summed E-state index contributed by atoms with van der Waals surface area (Å²) in [6, 6.07) is 6.42. The van der Waals surface area contributed by atoms with Gasteiger partial charge in [-0.2, -0.15) is 0 Å². The SMILES string of the molecule is CN1C[C@@H](NC(=O)CCc2cccc(F)c2)CC[C@@H](C(=O)NCC2=CCCCC2)C1. The van der Waals surface area contributed by atoms with Gasteiger partial charge in [-0.05, 0) is 69.7 Å². The third-order valence-electron chi connectivity index (χ3n) is 6.07. The van der Waals surface area contributed by atoms with E-state index in [4.69, 9.17) is 0 Å². The van der Waals surface area contributed by atoms with Crippen LogP contribution in [0.25, 0.3) is 0 Å². The zero-order valence-corrected chi connectivity index (χ0v) is 18.0. The van der Waals surface area contributed by atoms with Crippen LogP contribution < -0.4 is 10.6 Å². The number of halogens is 1. The van der Waals surface area contributed by atoms with Crippen molar-refractivity contribution < 1.29 is 14.0 Å². The van der Waals surface area contributed by atoms with E-state index in [1.54, 1.807) is 6.07 Å². The van der Waals surface area contributed by atoms with Gasteiger partial charge in [-0.15, -0.1) is 0 Å². The molecule has 0 unspecified atom stereocenters. The molecule has 1 fully saturated rings. The molecule has 2 atom stereocenters. The van der Waals surface area contributed by atoms with Gasteiger partial charge in [0.1, 0.15) is 5.82 Å². The smallest absolute Gasteiger partial charge is 0.224 e. The highest BCUT2D eigenvalue weighted by atomic mass is 19.1. The number of aryl methyl sites for hydroxylation is 1. The molecule has 2 N–H and O–H groups in total. The Morgan fingerprint density at radius 1 is 1.20 bits per heavy atom. The molecule has 1 saturated heterocycles. The Morgan fingerprint density at radius 2 is 2.07 bits per heavy atom. The number of allylic oxidation sites excluding steroid dienone is 1. The van der Waals surface area contributed by atoms with Gasteiger partial charge in [-0.1, -0.05) is 23.8 Å². The standard InChI is InChI=1S/C24H34FN3O2/c1-28-16-20(24(30)26-15-19-6-3-2-4-7-19)11-12-22(17-28)27-23(29)13-10-18-8-5-9-21(25)14-18/h5-6,8-9,14,20,22H,2-4,7,10-13,15-17H2,1H3,(H,26,30)(H,27,29)/t20-,22+/m1/s1. The molecule has 1 aliphatic heterocycles. The van der Waals surface area contributed by atoms with Crippen molar-refractivity contribution in [1.82, 2.24) is 15.5 Å². The lowest BCUT2D eigenvalue weighted by Gasteiger charge is -2.22. The van der Waals surface area contributed by atoms with Crippen molar-refractivity contribution in [2.75, 3.05) is 26.7 Å². The minimum atomic E-state index is -0.276. The van der Waals surface area contributed by atoms with Crippen LogP contribution in [0, 0.1) is 11.7 Å². The van der Waals surface area contributed by atoms with Crippen molar-refractivity contribution in [2.45, 2.75) is 57.4 Å². The number of hydrogen-bond donors (Lipinski definition) is 2. The highest BCUT2D eigenvalue weighted by molar-refractivity contribution is 5.79. The molecule has 30 heavy (non-hydrogen) atoms. The summed E-state index contributed by atoms with van der Waals surface area (Å²) in [5.41, 5.74) is 2.17. The largest absolute Gasteiger partial charge is 0.352 e. The Morgan fingerprint density at radius 3 is 2.83 bits per heavy atom. The lowest BCUT2D eigenvalue weighted by Crippen LogP contribution is -2.42. The lowest BCUT2D eigenvalue weighted by atomic mass is 9.98. The summed E-state index contributed by atoms with van der Waals surface area (Å²) >= 11 is 0. The second-order valence-electron chi connectivity index (χ2n) is 8.72. The number of carbonyl (C=O) groups is 2. The van der Waals surface area contributed by atoms with E-state index < -0.39 is 0 Å². The van der Waals surface area contributed by atoms with Crippen LogP contribution in [0.1, 0.15) is 50.5 Å². The predicted octanol–water partition coefficient (Wildman–Crippen LogP) is 3.20. The molecule has 6 heteroatoms. The molecule has 1 heterocycles. The molecular formula is C24H34FN3O2. The number of likely N-dealkylation sites (N-methyl/N-ethyl adjacent to an activating group) is 1. The first-order valence-corrected chi connectivity index (χ1v) is 11.2. The van der Waals surface area contributed by atoms with Gasteiger partial charge in [0.05, 0.1) is 5.92 Å². The number of amides is 2. The third-order valence-corrected chi connectivity index (χ3v) is 6.07. The first-order valence-electron chi connectivity index (χ1n) is 11.2. The molecule has 0 aromatic heterocycles. The first kappa shape index (κ1) is 22.5. The molecule has 0 spiro atoms. The maximum Gasteiger partial charge on any atom is 0.224 e. The normalized spacial score (nSPS) is 22.7. The fraction of sp³-hybridized carbons (Fsp3) is 0.583. The minimum Gasteiger partial charge on any atom is -0.352 e. The summed E-state index contributed by atoms with van der Waals surface area (Å²) in [4.78, 5) is 27.2. The number of likely N-dealkylation sites (tertiary alicyclic amines) is 1. The van der Waals surface area contributed by atoms with Crippen LogP contribution in [0.3, 0.4) is 0 Å². The highest BCUT2D eigenvalue weighted by Gasteiger charge is 2.27. The number of nitrogens with zero attached hydrogens (tertiary/aromatic N) is 1. The summed E-state index contributed by atoms with van der Waals surface area (Å²) in [6.45, 7) is 2.11. The van der Waals surface area contributed by atoms with E-state index in [1.165, 1.54) is 30.5 Å². The quantitative estimate of drug-likeness (QED) is 0.673. The van der Waals surface area contributed by atoms with Gasteiger partial charge in [0.25, 0.3) is 0 Å². The molecule has 164 valence electrons. The van der Waals surface area contributed by atoms with Crippen LogP contribution in [0.5, 0.6) is 0 Å². The Bertz CT molecular complexity index is 765. The molecule has 1 aromatic carbocycles. The van der Waals surface area contributed by atoms with E-state index in [-0.39, 0.29) is 29.6 Å². The van der Waals surface area contributed by atoms with Crippen molar-refractivity contribution >= 4 is 11.8 Å². The summed E-state index contributed by atoms with van der Waals surface area (Å²) in [6.07, 6.45) is 9.36. The molecule has 1 aromatic rings. The Kier molecular flexibility index (Phi) is 8.43. The molecule has 1 aliphatic carbocycles. The maximum atomic E-state index is 13.3. The van der Waals surface area contributed by atoms with Gasteiger partial charge >= 0.3 is 0 Å². The van der Waals surface area contributed by atoms with E-state index in [1.807, 2.05) is 13.1 Å². The zero-order valence-electron chi connectivity index (χ0n) is 18.0. The number of hydrogen-bond acceptors (Lipinski definition) is 3. The van der Waals surface area contributed by atoms with Crippen molar-refractivity contribution in [1.29, 1.82) is 0 Å². The average molecular weight is 416 g/mol.